The summed E-state index contributed by atoms with van der Waals surface area (Å²) in [6, 6.07) is -0.838. The second-order valence-electron chi connectivity index (χ2n) is 13.0. The molecule has 1 rings (SSSR count). The van der Waals surface area contributed by atoms with Gasteiger partial charge in [-0.25, -0.2) is 0 Å². The van der Waals surface area contributed by atoms with Crippen molar-refractivity contribution in [3.05, 3.63) is 97.2 Å². The zero-order valence-corrected chi connectivity index (χ0v) is 31.8. The fourth-order valence-corrected chi connectivity index (χ4v) is 5.26. The number of rotatable bonds is 29. The highest BCUT2D eigenvalue weighted by Crippen LogP contribution is 2.22. The number of ether oxygens (including phenoxy) is 2. The normalized spacial score (nSPS) is 22.9. The highest BCUT2D eigenvalue weighted by atomic mass is 16.7. The largest absolute Gasteiger partial charge is 0.394 e. The molecule has 0 bridgehead atoms. The average molecular weight is 728 g/mol. The maximum Gasteiger partial charge on any atom is 0.220 e. The third-order valence-corrected chi connectivity index (χ3v) is 8.41. The van der Waals surface area contributed by atoms with Crippen molar-refractivity contribution in [1.82, 2.24) is 5.32 Å². The van der Waals surface area contributed by atoms with Crippen molar-refractivity contribution in [2.75, 3.05) is 13.2 Å². The molecule has 1 aliphatic heterocycles. The van der Waals surface area contributed by atoms with Crippen LogP contribution in [0, 0.1) is 0 Å². The molecule has 0 saturated carbocycles. The first kappa shape index (κ1) is 47.1. The van der Waals surface area contributed by atoms with Crippen LogP contribution in [0.4, 0.5) is 0 Å². The molecular formula is C43H69NO8. The summed E-state index contributed by atoms with van der Waals surface area (Å²) in [6.45, 7) is 3.49. The smallest absolute Gasteiger partial charge is 0.220 e. The van der Waals surface area contributed by atoms with Crippen LogP contribution in [0.15, 0.2) is 97.2 Å². The van der Waals surface area contributed by atoms with Crippen molar-refractivity contribution in [2.45, 2.75) is 153 Å². The molecule has 1 amide bonds. The summed E-state index contributed by atoms with van der Waals surface area (Å²) in [5.74, 6) is -0.247. The Labute approximate surface area is 313 Å². The van der Waals surface area contributed by atoms with Gasteiger partial charge < -0.3 is 40.3 Å². The SMILES string of the molecule is CC/C=C\C/C=C\C/C=C\C/C=C\C/C=C\C/C=C\C/C=C\CCCC(=O)NC(COC1OC(CO)C(O)C(O)C1O)C(O)/C=C/CCCCCC. The van der Waals surface area contributed by atoms with Crippen LogP contribution in [-0.4, -0.2) is 87.5 Å². The Morgan fingerprint density at radius 2 is 1.19 bits per heavy atom. The molecule has 0 aromatic rings. The minimum Gasteiger partial charge on any atom is -0.394 e. The zero-order chi connectivity index (χ0) is 38.1. The van der Waals surface area contributed by atoms with E-state index in [1.54, 1.807) is 6.08 Å². The molecule has 9 nitrogen and oxygen atoms in total. The van der Waals surface area contributed by atoms with Crippen LogP contribution in [0.1, 0.15) is 110 Å². The van der Waals surface area contributed by atoms with Crippen LogP contribution in [-0.2, 0) is 14.3 Å². The third-order valence-electron chi connectivity index (χ3n) is 8.41. The van der Waals surface area contributed by atoms with E-state index in [4.69, 9.17) is 9.47 Å². The maximum atomic E-state index is 12.8. The summed E-state index contributed by atoms with van der Waals surface area (Å²) in [7, 11) is 0. The monoisotopic (exact) mass is 728 g/mol. The molecule has 0 radical (unpaired) electrons. The summed E-state index contributed by atoms with van der Waals surface area (Å²) in [5, 5.41) is 53.6. The van der Waals surface area contributed by atoms with Gasteiger partial charge in [-0.2, -0.15) is 0 Å². The Kier molecular flexibility index (Phi) is 29.7. The van der Waals surface area contributed by atoms with Crippen molar-refractivity contribution < 1.29 is 39.8 Å². The summed E-state index contributed by atoms with van der Waals surface area (Å²) in [5.41, 5.74) is 0. The number of hydrogen-bond acceptors (Lipinski definition) is 8. The first-order valence-electron chi connectivity index (χ1n) is 19.5. The highest BCUT2D eigenvalue weighted by Gasteiger charge is 2.44. The molecule has 0 aliphatic carbocycles. The molecule has 294 valence electrons. The molecule has 0 aromatic heterocycles. The first-order chi connectivity index (χ1) is 25.3. The lowest BCUT2D eigenvalue weighted by molar-refractivity contribution is -0.302. The number of carbonyl (C=O) groups is 1. The molecule has 1 aliphatic rings. The van der Waals surface area contributed by atoms with Gasteiger partial charge in [0.05, 0.1) is 25.4 Å². The fourth-order valence-electron chi connectivity index (χ4n) is 5.26. The average Bonchev–Trinajstić information content (AvgIpc) is 3.14. The Balaban J connectivity index is 2.37. The van der Waals surface area contributed by atoms with Crippen molar-refractivity contribution in [3.63, 3.8) is 0 Å². The van der Waals surface area contributed by atoms with Gasteiger partial charge in [0.15, 0.2) is 6.29 Å². The van der Waals surface area contributed by atoms with Gasteiger partial charge in [0.2, 0.25) is 5.91 Å². The lowest BCUT2D eigenvalue weighted by Gasteiger charge is -2.40. The fraction of sp³-hybridized carbons (Fsp3) is 0.605. The number of carbonyl (C=O) groups excluding carboxylic acids is 1. The summed E-state index contributed by atoms with van der Waals surface area (Å²) < 4.78 is 11.1. The predicted molar refractivity (Wildman–Crippen MR) is 211 cm³/mol. The summed E-state index contributed by atoms with van der Waals surface area (Å²) in [4.78, 5) is 12.8. The summed E-state index contributed by atoms with van der Waals surface area (Å²) in [6.07, 6.45) is 39.2. The van der Waals surface area contributed by atoms with Crippen molar-refractivity contribution >= 4 is 5.91 Å². The van der Waals surface area contributed by atoms with E-state index in [9.17, 15) is 30.3 Å². The lowest BCUT2D eigenvalue weighted by atomic mass is 9.99. The van der Waals surface area contributed by atoms with E-state index >= 15 is 0 Å². The Hall–Kier alpha value is -2.89. The molecule has 1 fully saturated rings. The van der Waals surface area contributed by atoms with Crippen LogP contribution < -0.4 is 5.32 Å². The van der Waals surface area contributed by atoms with Crippen LogP contribution in [0.25, 0.3) is 0 Å². The molecule has 9 heteroatoms. The molecule has 7 unspecified atom stereocenters. The molecule has 6 N–H and O–H groups in total. The molecular weight excluding hydrogens is 658 g/mol. The number of aliphatic hydroxyl groups is 5. The van der Waals surface area contributed by atoms with Gasteiger partial charge in [-0.15, -0.1) is 0 Å². The Morgan fingerprint density at radius 3 is 1.71 bits per heavy atom. The Morgan fingerprint density at radius 1 is 0.673 bits per heavy atom. The van der Waals surface area contributed by atoms with Crippen LogP contribution in [0.3, 0.4) is 0 Å². The van der Waals surface area contributed by atoms with Gasteiger partial charge in [0.25, 0.3) is 0 Å². The third kappa shape index (κ3) is 23.6. The van der Waals surface area contributed by atoms with Crippen LogP contribution in [0.2, 0.25) is 0 Å². The maximum absolute atomic E-state index is 12.8. The zero-order valence-electron chi connectivity index (χ0n) is 31.8. The Bertz CT molecular complexity index is 1120. The van der Waals surface area contributed by atoms with Crippen molar-refractivity contribution in [3.8, 4) is 0 Å². The molecule has 1 heterocycles. The summed E-state index contributed by atoms with van der Waals surface area (Å²) >= 11 is 0. The number of allylic oxidation sites excluding steroid dienone is 15. The van der Waals surface area contributed by atoms with E-state index in [1.165, 1.54) is 0 Å². The topological polar surface area (TPSA) is 149 Å². The van der Waals surface area contributed by atoms with Gasteiger partial charge in [0.1, 0.15) is 24.4 Å². The lowest BCUT2D eigenvalue weighted by Crippen LogP contribution is -2.60. The molecule has 1 saturated heterocycles. The van der Waals surface area contributed by atoms with Gasteiger partial charge in [-0.3, -0.25) is 4.79 Å². The van der Waals surface area contributed by atoms with Crippen LogP contribution in [0.5, 0.6) is 0 Å². The number of amides is 1. The molecule has 52 heavy (non-hydrogen) atoms. The quantitative estimate of drug-likeness (QED) is 0.0357. The number of nitrogens with one attached hydrogen (secondary N) is 1. The second-order valence-corrected chi connectivity index (χ2v) is 13.0. The standard InChI is InChI=1S/C43H69NO8/c1-3-5-7-9-11-12-13-14-15-16-17-18-19-20-21-22-23-24-25-26-27-29-31-33-39(47)44-36(37(46)32-30-28-10-8-6-4-2)35-51-43-42(50)41(49)40(48)38(34-45)52-43/h5,7,11-12,14-15,17-18,20-21,23-24,26-27,30,32,36-38,40-43,45-46,48-50H,3-4,6,8-10,13,16,19,22,25,28-29,31,33-35H2,1-2H3,(H,44,47)/b7-5-,12-11-,15-14-,18-17-,21-20-,24-23-,27-26-,32-30+. The molecule has 7 atom stereocenters. The van der Waals surface area contributed by atoms with Gasteiger partial charge in [0, 0.05) is 6.42 Å². The van der Waals surface area contributed by atoms with Gasteiger partial charge in [-0.05, 0) is 70.6 Å². The van der Waals surface area contributed by atoms with E-state index in [2.05, 4.69) is 104 Å². The minimum absolute atomic E-state index is 0.221. The number of unbranched alkanes of at least 4 members (excludes halogenated alkanes) is 5. The number of aliphatic hydroxyl groups excluding tert-OH is 5. The molecule has 0 spiro atoms. The number of hydrogen-bond donors (Lipinski definition) is 6. The van der Waals surface area contributed by atoms with E-state index in [1.807, 2.05) is 6.08 Å². The van der Waals surface area contributed by atoms with Crippen LogP contribution >= 0.6 is 0 Å². The van der Waals surface area contributed by atoms with E-state index in [-0.39, 0.29) is 18.9 Å². The van der Waals surface area contributed by atoms with Crippen molar-refractivity contribution in [1.29, 1.82) is 0 Å². The predicted octanol–water partition coefficient (Wildman–Crippen LogP) is 6.99. The van der Waals surface area contributed by atoms with Gasteiger partial charge in [-0.1, -0.05) is 130 Å². The second kappa shape index (κ2) is 32.7. The van der Waals surface area contributed by atoms with Gasteiger partial charge >= 0.3 is 0 Å². The van der Waals surface area contributed by atoms with E-state index < -0.39 is 49.5 Å². The van der Waals surface area contributed by atoms with Crippen molar-refractivity contribution in [2.24, 2.45) is 0 Å². The van der Waals surface area contributed by atoms with E-state index in [0.717, 1.165) is 83.5 Å². The highest BCUT2D eigenvalue weighted by molar-refractivity contribution is 5.76. The molecule has 0 aromatic carbocycles. The first-order valence-corrected chi connectivity index (χ1v) is 19.5. The van der Waals surface area contributed by atoms with E-state index in [0.29, 0.717) is 6.42 Å². The minimum atomic E-state index is -1.58.